The molecule has 19 heavy (non-hydrogen) atoms. The van der Waals surface area contributed by atoms with Crippen LogP contribution in [0.5, 0.6) is 0 Å². The molecule has 5 heteroatoms. The van der Waals surface area contributed by atoms with E-state index in [1.54, 1.807) is 7.11 Å². The Labute approximate surface area is 114 Å². The molecule has 0 aromatic heterocycles. The van der Waals surface area contributed by atoms with E-state index in [0.717, 1.165) is 24.3 Å². The van der Waals surface area contributed by atoms with Crippen LogP contribution in [-0.2, 0) is 14.4 Å². The van der Waals surface area contributed by atoms with Crippen LogP contribution in [0, 0.1) is 0 Å². The van der Waals surface area contributed by atoms with Crippen LogP contribution < -0.4 is 5.48 Å². The summed E-state index contributed by atoms with van der Waals surface area (Å²) in [4.78, 5) is 19.1. The number of carbonyl (C=O) groups excluding carboxylic acids is 1. The molecule has 0 saturated heterocycles. The monoisotopic (exact) mass is 266 g/mol. The normalized spacial score (nSPS) is 12.3. The van der Waals surface area contributed by atoms with Crippen molar-refractivity contribution in [2.45, 2.75) is 19.9 Å². The first kappa shape index (κ1) is 15.5. The first-order valence-corrected chi connectivity index (χ1v) is 6.39. The molecule has 1 atom stereocenters. The zero-order valence-electron chi connectivity index (χ0n) is 12.0. The van der Waals surface area contributed by atoms with Gasteiger partial charge in [0.15, 0.2) is 0 Å². The largest absolute Gasteiger partial charge is 0.468 e. The predicted molar refractivity (Wildman–Crippen MR) is 74.8 cm³/mol. The highest BCUT2D eigenvalue weighted by atomic mass is 16.6. The van der Waals surface area contributed by atoms with Gasteiger partial charge >= 0.3 is 5.97 Å². The maximum Gasteiger partial charge on any atom is 0.327 e. The molecule has 106 valence electrons. The van der Waals surface area contributed by atoms with Crippen molar-refractivity contribution in [2.75, 3.05) is 32.8 Å². The third kappa shape index (κ3) is 3.68. The number of rotatable bonds is 7. The molecule has 0 heterocycles. The Bertz CT molecular complexity index is 405. The Hall–Kier alpha value is -1.59. The van der Waals surface area contributed by atoms with Gasteiger partial charge in [-0.25, -0.2) is 4.79 Å². The van der Waals surface area contributed by atoms with Crippen molar-refractivity contribution in [3.8, 4) is 0 Å². The molecule has 1 aromatic rings. The molecule has 0 saturated carbocycles. The van der Waals surface area contributed by atoms with Crippen LogP contribution in [0.3, 0.4) is 0 Å². The molecule has 0 aliphatic heterocycles. The van der Waals surface area contributed by atoms with Gasteiger partial charge in [-0.15, -0.1) is 0 Å². The molecular weight excluding hydrogens is 244 g/mol. The van der Waals surface area contributed by atoms with Gasteiger partial charge < -0.3 is 4.74 Å². The number of likely N-dealkylation sites (N-methyl/N-ethyl adjacent to an activating group) is 1. The zero-order valence-corrected chi connectivity index (χ0v) is 12.0. The standard InChI is InChI=1S/C14H22N2O3/c1-5-16(6-2)13(14(17)18-3)11-9-7-8-10-12(11)15-19-4/h7-10,13,15H,5-6H2,1-4H3/t13-/m0/s1. The van der Waals surface area contributed by atoms with Gasteiger partial charge in [-0.05, 0) is 19.2 Å². The van der Waals surface area contributed by atoms with Gasteiger partial charge in [0, 0.05) is 5.56 Å². The number of hydrogen-bond acceptors (Lipinski definition) is 5. The van der Waals surface area contributed by atoms with Gasteiger partial charge in [-0.2, -0.15) is 0 Å². The van der Waals surface area contributed by atoms with E-state index in [2.05, 4.69) is 5.48 Å². The maximum atomic E-state index is 12.1. The summed E-state index contributed by atoms with van der Waals surface area (Å²) in [6.45, 7) is 5.56. The first-order chi connectivity index (χ1) is 9.19. The number of nitrogens with one attached hydrogen (secondary N) is 1. The molecule has 0 unspecified atom stereocenters. The lowest BCUT2D eigenvalue weighted by molar-refractivity contribution is -0.147. The lowest BCUT2D eigenvalue weighted by Crippen LogP contribution is -2.35. The van der Waals surface area contributed by atoms with Gasteiger partial charge in [0.25, 0.3) is 0 Å². The quantitative estimate of drug-likeness (QED) is 0.606. The Morgan fingerprint density at radius 1 is 1.26 bits per heavy atom. The van der Waals surface area contributed by atoms with E-state index in [-0.39, 0.29) is 5.97 Å². The van der Waals surface area contributed by atoms with Crippen molar-refractivity contribution >= 4 is 11.7 Å². The second kappa shape index (κ2) is 7.76. The second-order valence-corrected chi connectivity index (χ2v) is 4.04. The lowest BCUT2D eigenvalue weighted by atomic mass is 10.0. The van der Waals surface area contributed by atoms with Crippen LogP contribution in [0.4, 0.5) is 5.69 Å². The molecule has 0 fully saturated rings. The molecule has 5 nitrogen and oxygen atoms in total. The van der Waals surface area contributed by atoms with Crippen molar-refractivity contribution in [1.29, 1.82) is 0 Å². The SMILES string of the molecule is CCN(CC)[C@H](C(=O)OC)c1ccccc1NOC. The third-order valence-electron chi connectivity index (χ3n) is 3.07. The van der Waals surface area contributed by atoms with Crippen LogP contribution in [0.15, 0.2) is 24.3 Å². The summed E-state index contributed by atoms with van der Waals surface area (Å²) in [5.41, 5.74) is 4.42. The number of anilines is 1. The highest BCUT2D eigenvalue weighted by Crippen LogP contribution is 2.28. The van der Waals surface area contributed by atoms with Gasteiger partial charge in [0.1, 0.15) is 6.04 Å². The van der Waals surface area contributed by atoms with E-state index >= 15 is 0 Å². The summed E-state index contributed by atoms with van der Waals surface area (Å²) in [7, 11) is 2.95. The fourth-order valence-electron chi connectivity index (χ4n) is 2.11. The van der Waals surface area contributed by atoms with Gasteiger partial charge in [0.05, 0.1) is 19.9 Å². The minimum absolute atomic E-state index is 0.269. The summed E-state index contributed by atoms with van der Waals surface area (Å²) < 4.78 is 4.94. The highest BCUT2D eigenvalue weighted by molar-refractivity contribution is 5.80. The van der Waals surface area contributed by atoms with Crippen LogP contribution in [-0.4, -0.2) is 38.2 Å². The van der Waals surface area contributed by atoms with E-state index < -0.39 is 6.04 Å². The molecule has 1 N–H and O–H groups in total. The van der Waals surface area contributed by atoms with Gasteiger partial charge in [0.2, 0.25) is 0 Å². The van der Waals surface area contributed by atoms with E-state index in [1.165, 1.54) is 7.11 Å². The first-order valence-electron chi connectivity index (χ1n) is 6.39. The molecule has 0 amide bonds. The number of methoxy groups -OCH3 is 1. The van der Waals surface area contributed by atoms with Crippen LogP contribution >= 0.6 is 0 Å². The topological polar surface area (TPSA) is 50.8 Å². The van der Waals surface area contributed by atoms with Crippen molar-refractivity contribution < 1.29 is 14.4 Å². The predicted octanol–water partition coefficient (Wildman–Crippen LogP) is 2.22. The number of carbonyl (C=O) groups is 1. The summed E-state index contributed by atoms with van der Waals surface area (Å²) in [5.74, 6) is -0.269. The molecule has 0 aliphatic rings. The van der Waals surface area contributed by atoms with Crippen molar-refractivity contribution in [1.82, 2.24) is 4.90 Å². The van der Waals surface area contributed by atoms with Crippen LogP contribution in [0.1, 0.15) is 25.5 Å². The van der Waals surface area contributed by atoms with Crippen molar-refractivity contribution in [2.24, 2.45) is 0 Å². The van der Waals surface area contributed by atoms with E-state index in [0.29, 0.717) is 0 Å². The Kier molecular flexibility index (Phi) is 6.32. The van der Waals surface area contributed by atoms with Crippen molar-refractivity contribution in [3.05, 3.63) is 29.8 Å². The highest BCUT2D eigenvalue weighted by Gasteiger charge is 2.28. The molecule has 0 radical (unpaired) electrons. The molecule has 0 spiro atoms. The summed E-state index contributed by atoms with van der Waals surface area (Å²) in [6.07, 6.45) is 0. The van der Waals surface area contributed by atoms with Crippen LogP contribution in [0.25, 0.3) is 0 Å². The number of para-hydroxylation sites is 1. The molecule has 0 bridgehead atoms. The molecular formula is C14H22N2O3. The average molecular weight is 266 g/mol. The zero-order chi connectivity index (χ0) is 14.3. The summed E-state index contributed by atoms with van der Waals surface area (Å²) in [6, 6.07) is 7.13. The average Bonchev–Trinajstić information content (AvgIpc) is 2.45. The van der Waals surface area contributed by atoms with Gasteiger partial charge in [-0.1, -0.05) is 32.0 Å². The number of esters is 1. The lowest BCUT2D eigenvalue weighted by Gasteiger charge is -2.29. The summed E-state index contributed by atoms with van der Waals surface area (Å²) >= 11 is 0. The molecule has 1 aromatic carbocycles. The number of ether oxygens (including phenoxy) is 1. The Morgan fingerprint density at radius 3 is 2.42 bits per heavy atom. The van der Waals surface area contributed by atoms with E-state index in [9.17, 15) is 4.79 Å². The third-order valence-corrected chi connectivity index (χ3v) is 3.07. The Morgan fingerprint density at radius 2 is 1.89 bits per heavy atom. The smallest absolute Gasteiger partial charge is 0.327 e. The second-order valence-electron chi connectivity index (χ2n) is 4.04. The Balaban J connectivity index is 3.20. The minimum atomic E-state index is -0.432. The summed E-state index contributed by atoms with van der Waals surface area (Å²) in [5, 5.41) is 0. The molecule has 0 aliphatic carbocycles. The van der Waals surface area contributed by atoms with E-state index in [4.69, 9.17) is 9.57 Å². The number of nitrogens with zero attached hydrogens (tertiary/aromatic N) is 1. The molecule has 1 rings (SSSR count). The maximum absolute atomic E-state index is 12.1. The number of hydrogen-bond donors (Lipinski definition) is 1. The van der Waals surface area contributed by atoms with E-state index in [1.807, 2.05) is 43.0 Å². The fourth-order valence-corrected chi connectivity index (χ4v) is 2.11. The number of benzene rings is 1. The van der Waals surface area contributed by atoms with Crippen LogP contribution in [0.2, 0.25) is 0 Å². The van der Waals surface area contributed by atoms with Gasteiger partial charge in [-0.3, -0.25) is 15.2 Å². The minimum Gasteiger partial charge on any atom is -0.468 e. The fraction of sp³-hybridized carbons (Fsp3) is 0.500. The van der Waals surface area contributed by atoms with Crippen molar-refractivity contribution in [3.63, 3.8) is 0 Å².